The standard InChI is InChI=1S/C15H12F2O/c1-9-3-4-10(2)12(7-9)15(18)11-5-6-13(16)14(17)8-11/h3-8H,1-2H3. The van der Waals surface area contributed by atoms with Gasteiger partial charge >= 0.3 is 0 Å². The lowest BCUT2D eigenvalue weighted by Crippen LogP contribution is -2.05. The SMILES string of the molecule is Cc1ccc(C)c(C(=O)c2ccc(F)c(F)c2)c1. The summed E-state index contributed by atoms with van der Waals surface area (Å²) in [6.07, 6.45) is 0. The first-order chi connectivity index (χ1) is 8.49. The van der Waals surface area contributed by atoms with E-state index in [-0.39, 0.29) is 11.3 Å². The highest BCUT2D eigenvalue weighted by Gasteiger charge is 2.14. The van der Waals surface area contributed by atoms with Crippen molar-refractivity contribution < 1.29 is 13.6 Å². The van der Waals surface area contributed by atoms with Gasteiger partial charge in [-0.2, -0.15) is 0 Å². The van der Waals surface area contributed by atoms with Gasteiger partial charge in [0.25, 0.3) is 0 Å². The summed E-state index contributed by atoms with van der Waals surface area (Å²) in [5.74, 6) is -2.26. The molecule has 0 spiro atoms. The van der Waals surface area contributed by atoms with Crippen molar-refractivity contribution in [3.05, 3.63) is 70.3 Å². The fourth-order valence-electron chi connectivity index (χ4n) is 1.77. The van der Waals surface area contributed by atoms with Crippen molar-refractivity contribution in [2.45, 2.75) is 13.8 Å². The number of halogens is 2. The van der Waals surface area contributed by atoms with Crippen molar-refractivity contribution in [1.29, 1.82) is 0 Å². The number of hydrogen-bond donors (Lipinski definition) is 0. The highest BCUT2D eigenvalue weighted by Crippen LogP contribution is 2.17. The second-order valence-corrected chi connectivity index (χ2v) is 4.28. The molecule has 0 atom stereocenters. The van der Waals surface area contributed by atoms with E-state index in [9.17, 15) is 13.6 Å². The molecular weight excluding hydrogens is 234 g/mol. The van der Waals surface area contributed by atoms with Gasteiger partial charge < -0.3 is 0 Å². The van der Waals surface area contributed by atoms with Crippen LogP contribution in [0.25, 0.3) is 0 Å². The predicted molar refractivity (Wildman–Crippen MR) is 65.7 cm³/mol. The molecule has 0 aliphatic rings. The quantitative estimate of drug-likeness (QED) is 0.736. The van der Waals surface area contributed by atoms with E-state index in [0.29, 0.717) is 5.56 Å². The molecule has 3 heteroatoms. The van der Waals surface area contributed by atoms with Gasteiger partial charge in [0.15, 0.2) is 17.4 Å². The summed E-state index contributed by atoms with van der Waals surface area (Å²) in [5.41, 5.74) is 2.44. The van der Waals surface area contributed by atoms with Crippen LogP contribution in [0.5, 0.6) is 0 Å². The molecule has 0 amide bonds. The van der Waals surface area contributed by atoms with Crippen LogP contribution in [0.2, 0.25) is 0 Å². The van der Waals surface area contributed by atoms with E-state index < -0.39 is 11.6 Å². The second kappa shape index (κ2) is 4.69. The molecule has 2 rings (SSSR count). The van der Waals surface area contributed by atoms with E-state index in [1.807, 2.05) is 26.0 Å². The number of rotatable bonds is 2. The van der Waals surface area contributed by atoms with E-state index in [1.54, 1.807) is 6.07 Å². The van der Waals surface area contributed by atoms with E-state index in [0.717, 1.165) is 23.3 Å². The van der Waals surface area contributed by atoms with E-state index in [1.165, 1.54) is 6.07 Å². The maximum Gasteiger partial charge on any atom is 0.193 e. The van der Waals surface area contributed by atoms with E-state index in [4.69, 9.17) is 0 Å². The molecule has 0 fully saturated rings. The molecule has 0 unspecified atom stereocenters. The van der Waals surface area contributed by atoms with Crippen LogP contribution in [0.3, 0.4) is 0 Å². The summed E-state index contributed by atoms with van der Waals surface area (Å²) in [5, 5.41) is 0. The number of carbonyl (C=O) groups excluding carboxylic acids is 1. The van der Waals surface area contributed by atoms with Crippen LogP contribution in [0.4, 0.5) is 8.78 Å². The predicted octanol–water partition coefficient (Wildman–Crippen LogP) is 3.81. The summed E-state index contributed by atoms with van der Waals surface area (Å²) in [7, 11) is 0. The molecule has 0 heterocycles. The zero-order valence-electron chi connectivity index (χ0n) is 10.1. The molecule has 0 aliphatic carbocycles. The van der Waals surface area contributed by atoms with Crippen molar-refractivity contribution in [1.82, 2.24) is 0 Å². The number of hydrogen-bond acceptors (Lipinski definition) is 1. The van der Waals surface area contributed by atoms with Gasteiger partial charge in [-0.25, -0.2) is 8.78 Å². The molecular formula is C15H12F2O. The summed E-state index contributed by atoms with van der Waals surface area (Å²) in [6, 6.07) is 8.67. The Kier molecular flexibility index (Phi) is 3.24. The molecule has 0 aliphatic heterocycles. The summed E-state index contributed by atoms with van der Waals surface area (Å²) in [4.78, 5) is 12.2. The number of benzene rings is 2. The normalized spacial score (nSPS) is 10.4. The summed E-state index contributed by atoms with van der Waals surface area (Å²) < 4.78 is 25.9. The highest BCUT2D eigenvalue weighted by molar-refractivity contribution is 6.09. The molecule has 2 aromatic rings. The Morgan fingerprint density at radius 3 is 2.33 bits per heavy atom. The van der Waals surface area contributed by atoms with Crippen LogP contribution in [0.15, 0.2) is 36.4 Å². The van der Waals surface area contributed by atoms with Gasteiger partial charge in [-0.3, -0.25) is 4.79 Å². The minimum Gasteiger partial charge on any atom is -0.289 e. The maximum absolute atomic E-state index is 13.1. The average Bonchev–Trinajstić information content (AvgIpc) is 2.35. The van der Waals surface area contributed by atoms with Gasteiger partial charge in [0.1, 0.15) is 0 Å². The Balaban J connectivity index is 2.47. The van der Waals surface area contributed by atoms with E-state index in [2.05, 4.69) is 0 Å². The van der Waals surface area contributed by atoms with Crippen LogP contribution >= 0.6 is 0 Å². The maximum atomic E-state index is 13.1. The lowest BCUT2D eigenvalue weighted by atomic mass is 9.97. The molecule has 0 saturated carbocycles. The topological polar surface area (TPSA) is 17.1 Å². The van der Waals surface area contributed by atoms with Crippen molar-refractivity contribution in [2.75, 3.05) is 0 Å². The third kappa shape index (κ3) is 2.30. The lowest BCUT2D eigenvalue weighted by molar-refractivity contribution is 0.103. The first kappa shape index (κ1) is 12.4. The van der Waals surface area contributed by atoms with Gasteiger partial charge in [-0.15, -0.1) is 0 Å². The van der Waals surface area contributed by atoms with Crippen LogP contribution < -0.4 is 0 Å². The first-order valence-electron chi connectivity index (χ1n) is 5.56. The molecule has 2 aromatic carbocycles. The number of carbonyl (C=O) groups is 1. The minimum atomic E-state index is -1.01. The summed E-state index contributed by atoms with van der Waals surface area (Å²) in [6.45, 7) is 3.69. The average molecular weight is 246 g/mol. The highest BCUT2D eigenvalue weighted by atomic mass is 19.2. The molecule has 0 bridgehead atoms. The fourth-order valence-corrected chi connectivity index (χ4v) is 1.77. The molecule has 0 N–H and O–H groups in total. The van der Waals surface area contributed by atoms with Crippen LogP contribution in [-0.4, -0.2) is 5.78 Å². The zero-order valence-corrected chi connectivity index (χ0v) is 10.1. The zero-order chi connectivity index (χ0) is 13.3. The Hall–Kier alpha value is -2.03. The molecule has 18 heavy (non-hydrogen) atoms. The lowest BCUT2D eigenvalue weighted by Gasteiger charge is -2.06. The summed E-state index contributed by atoms with van der Waals surface area (Å²) >= 11 is 0. The number of aryl methyl sites for hydroxylation is 2. The minimum absolute atomic E-state index is 0.155. The Labute approximate surface area is 104 Å². The Morgan fingerprint density at radius 1 is 0.944 bits per heavy atom. The molecule has 0 aromatic heterocycles. The van der Waals surface area contributed by atoms with Gasteiger partial charge in [0.2, 0.25) is 0 Å². The van der Waals surface area contributed by atoms with Gasteiger partial charge in [0.05, 0.1) is 0 Å². The van der Waals surface area contributed by atoms with Gasteiger partial charge in [0, 0.05) is 11.1 Å². The largest absolute Gasteiger partial charge is 0.289 e. The molecule has 0 radical (unpaired) electrons. The molecule has 0 saturated heterocycles. The van der Waals surface area contributed by atoms with Crippen molar-refractivity contribution in [2.24, 2.45) is 0 Å². The fraction of sp³-hybridized carbons (Fsp3) is 0.133. The third-order valence-electron chi connectivity index (χ3n) is 2.82. The Morgan fingerprint density at radius 2 is 1.67 bits per heavy atom. The Bertz CT molecular complexity index is 618. The molecule has 1 nitrogen and oxygen atoms in total. The third-order valence-corrected chi connectivity index (χ3v) is 2.82. The van der Waals surface area contributed by atoms with Gasteiger partial charge in [-0.05, 0) is 43.7 Å². The van der Waals surface area contributed by atoms with Crippen molar-refractivity contribution in [3.63, 3.8) is 0 Å². The van der Waals surface area contributed by atoms with Crippen molar-refractivity contribution >= 4 is 5.78 Å². The van der Waals surface area contributed by atoms with Crippen LogP contribution in [0.1, 0.15) is 27.0 Å². The smallest absolute Gasteiger partial charge is 0.193 e. The second-order valence-electron chi connectivity index (χ2n) is 4.28. The monoisotopic (exact) mass is 246 g/mol. The molecule has 92 valence electrons. The van der Waals surface area contributed by atoms with Gasteiger partial charge in [-0.1, -0.05) is 17.7 Å². The first-order valence-corrected chi connectivity index (χ1v) is 5.56. The van der Waals surface area contributed by atoms with Crippen molar-refractivity contribution in [3.8, 4) is 0 Å². The van der Waals surface area contributed by atoms with Crippen LogP contribution in [0, 0.1) is 25.5 Å². The van der Waals surface area contributed by atoms with Crippen LogP contribution in [-0.2, 0) is 0 Å². The number of ketones is 1. The van der Waals surface area contributed by atoms with E-state index >= 15 is 0 Å².